The second kappa shape index (κ2) is 12.9. The highest BCUT2D eigenvalue weighted by Crippen LogP contribution is 2.27. The van der Waals surface area contributed by atoms with Crippen LogP contribution < -0.4 is 5.32 Å². The Morgan fingerprint density at radius 3 is 2.09 bits per heavy atom. The first-order valence-corrected chi connectivity index (χ1v) is 12.3. The molecule has 0 fully saturated rings. The van der Waals surface area contributed by atoms with E-state index in [2.05, 4.69) is 69.8 Å². The first-order chi connectivity index (χ1) is 16.1. The van der Waals surface area contributed by atoms with Gasteiger partial charge in [-0.25, -0.2) is 0 Å². The molecule has 0 spiro atoms. The molecule has 3 aromatic carbocycles. The molecule has 3 rings (SSSR count). The van der Waals surface area contributed by atoms with E-state index in [0.29, 0.717) is 31.6 Å². The third-order valence-electron chi connectivity index (χ3n) is 5.62. The monoisotopic (exact) mass is 506 g/mol. The van der Waals surface area contributed by atoms with Gasteiger partial charge < -0.3 is 10.2 Å². The van der Waals surface area contributed by atoms with Crippen molar-refractivity contribution < 1.29 is 9.59 Å². The lowest BCUT2D eigenvalue weighted by Gasteiger charge is -2.22. The standard InChI is InChI=1S/C28H31BrN2O2/c1-2-19-31(28(33)24-14-9-15-25(29)21-24)20-17-27(32)30-18-16-26(22-10-5-3-6-11-22)23-12-7-4-8-13-23/h3-15,21,26H,2,16-20H2,1H3,(H,30,32). The zero-order chi connectivity index (χ0) is 23.5. The molecule has 0 atom stereocenters. The molecule has 0 aliphatic heterocycles. The van der Waals surface area contributed by atoms with E-state index in [-0.39, 0.29) is 17.7 Å². The molecule has 33 heavy (non-hydrogen) atoms. The minimum atomic E-state index is -0.0424. The van der Waals surface area contributed by atoms with Crippen molar-refractivity contribution in [2.45, 2.75) is 32.1 Å². The van der Waals surface area contributed by atoms with Gasteiger partial charge in [-0.15, -0.1) is 0 Å². The van der Waals surface area contributed by atoms with Crippen molar-refractivity contribution >= 4 is 27.7 Å². The van der Waals surface area contributed by atoms with Gasteiger partial charge in [0.2, 0.25) is 5.91 Å². The van der Waals surface area contributed by atoms with Gasteiger partial charge in [-0.3, -0.25) is 9.59 Å². The predicted octanol–water partition coefficient (Wildman–Crippen LogP) is 6.03. The van der Waals surface area contributed by atoms with Gasteiger partial charge in [-0.05, 0) is 42.2 Å². The largest absolute Gasteiger partial charge is 0.356 e. The normalized spacial score (nSPS) is 10.8. The first-order valence-electron chi connectivity index (χ1n) is 11.5. The van der Waals surface area contributed by atoms with Crippen LogP contribution in [0.1, 0.15) is 53.6 Å². The van der Waals surface area contributed by atoms with Gasteiger partial charge >= 0.3 is 0 Å². The molecule has 3 aromatic rings. The van der Waals surface area contributed by atoms with Crippen LogP contribution in [0.4, 0.5) is 0 Å². The number of hydrogen-bond acceptors (Lipinski definition) is 2. The molecule has 4 nitrogen and oxygen atoms in total. The lowest BCUT2D eigenvalue weighted by molar-refractivity contribution is -0.121. The number of halogens is 1. The number of benzene rings is 3. The van der Waals surface area contributed by atoms with Crippen molar-refractivity contribution in [3.8, 4) is 0 Å². The summed E-state index contributed by atoms with van der Waals surface area (Å²) >= 11 is 3.42. The van der Waals surface area contributed by atoms with Crippen molar-refractivity contribution in [2.75, 3.05) is 19.6 Å². The molecule has 0 bridgehead atoms. The molecule has 0 unspecified atom stereocenters. The Morgan fingerprint density at radius 1 is 0.879 bits per heavy atom. The van der Waals surface area contributed by atoms with Gasteiger partial charge in [0, 0.05) is 42.0 Å². The van der Waals surface area contributed by atoms with E-state index in [1.54, 1.807) is 4.90 Å². The molecule has 5 heteroatoms. The number of carbonyl (C=O) groups is 2. The lowest BCUT2D eigenvalue weighted by Crippen LogP contribution is -2.36. The highest BCUT2D eigenvalue weighted by atomic mass is 79.9. The number of amides is 2. The quantitative estimate of drug-likeness (QED) is 0.345. The summed E-state index contributed by atoms with van der Waals surface area (Å²) in [5.41, 5.74) is 3.12. The second-order valence-electron chi connectivity index (χ2n) is 8.07. The zero-order valence-electron chi connectivity index (χ0n) is 19.0. The fourth-order valence-corrected chi connectivity index (χ4v) is 4.37. The van der Waals surface area contributed by atoms with Crippen LogP contribution in [0.25, 0.3) is 0 Å². The Kier molecular flexibility index (Phi) is 9.70. The molecular formula is C28H31BrN2O2. The van der Waals surface area contributed by atoms with Crippen molar-refractivity contribution in [1.82, 2.24) is 10.2 Å². The molecule has 0 aliphatic carbocycles. The third kappa shape index (κ3) is 7.57. The Balaban J connectivity index is 1.54. The molecule has 1 N–H and O–H groups in total. The van der Waals surface area contributed by atoms with Gasteiger partial charge in [-0.1, -0.05) is 89.6 Å². The average Bonchev–Trinajstić information content (AvgIpc) is 2.85. The second-order valence-corrected chi connectivity index (χ2v) is 8.98. The van der Waals surface area contributed by atoms with E-state index < -0.39 is 0 Å². The van der Waals surface area contributed by atoms with Crippen LogP contribution in [-0.2, 0) is 4.79 Å². The maximum Gasteiger partial charge on any atom is 0.253 e. The first kappa shape index (κ1) is 24.7. The molecule has 0 aromatic heterocycles. The summed E-state index contributed by atoms with van der Waals surface area (Å²) in [6, 6.07) is 28.1. The minimum absolute atomic E-state index is 0.0296. The fraction of sp³-hybridized carbons (Fsp3) is 0.286. The maximum atomic E-state index is 12.9. The van der Waals surface area contributed by atoms with Gasteiger partial charge in [0.05, 0.1) is 0 Å². The average molecular weight is 507 g/mol. The summed E-state index contributed by atoms with van der Waals surface area (Å²) in [4.78, 5) is 27.2. The zero-order valence-corrected chi connectivity index (χ0v) is 20.6. The van der Waals surface area contributed by atoms with Crippen LogP contribution in [0.2, 0.25) is 0 Å². The predicted molar refractivity (Wildman–Crippen MR) is 137 cm³/mol. The van der Waals surface area contributed by atoms with E-state index in [1.807, 2.05) is 43.3 Å². The summed E-state index contributed by atoms with van der Waals surface area (Å²) in [5.74, 6) is 0.152. The topological polar surface area (TPSA) is 49.4 Å². The van der Waals surface area contributed by atoms with Crippen molar-refractivity contribution in [3.05, 3.63) is 106 Å². The van der Waals surface area contributed by atoms with Crippen LogP contribution in [0.15, 0.2) is 89.4 Å². The summed E-state index contributed by atoms with van der Waals surface area (Å²) in [6.45, 7) is 3.66. The highest BCUT2D eigenvalue weighted by molar-refractivity contribution is 9.10. The fourth-order valence-electron chi connectivity index (χ4n) is 3.97. The van der Waals surface area contributed by atoms with Crippen LogP contribution in [0, 0.1) is 0 Å². The van der Waals surface area contributed by atoms with Crippen LogP contribution in [-0.4, -0.2) is 36.3 Å². The number of hydrogen-bond donors (Lipinski definition) is 1. The molecule has 0 heterocycles. The van der Waals surface area contributed by atoms with E-state index in [9.17, 15) is 9.59 Å². The molecule has 0 saturated carbocycles. The number of rotatable bonds is 11. The van der Waals surface area contributed by atoms with Gasteiger partial charge in [0.1, 0.15) is 0 Å². The van der Waals surface area contributed by atoms with Crippen LogP contribution in [0.5, 0.6) is 0 Å². The van der Waals surface area contributed by atoms with Crippen molar-refractivity contribution in [1.29, 1.82) is 0 Å². The van der Waals surface area contributed by atoms with Crippen LogP contribution >= 0.6 is 15.9 Å². The molecule has 0 saturated heterocycles. The van der Waals surface area contributed by atoms with E-state index >= 15 is 0 Å². The Bertz CT molecular complexity index is 985. The van der Waals surface area contributed by atoms with E-state index in [0.717, 1.165) is 17.3 Å². The molecule has 2 amide bonds. The number of nitrogens with one attached hydrogen (secondary N) is 1. The molecule has 0 aliphatic rings. The smallest absolute Gasteiger partial charge is 0.253 e. The SMILES string of the molecule is CCCN(CCC(=O)NCCC(c1ccccc1)c1ccccc1)C(=O)c1cccc(Br)c1. The van der Waals surface area contributed by atoms with E-state index in [1.165, 1.54) is 11.1 Å². The van der Waals surface area contributed by atoms with Crippen molar-refractivity contribution in [2.24, 2.45) is 0 Å². The highest BCUT2D eigenvalue weighted by Gasteiger charge is 2.17. The Morgan fingerprint density at radius 2 is 1.52 bits per heavy atom. The lowest BCUT2D eigenvalue weighted by atomic mass is 9.88. The Labute approximate surface area is 205 Å². The minimum Gasteiger partial charge on any atom is -0.356 e. The maximum absolute atomic E-state index is 12.9. The van der Waals surface area contributed by atoms with Crippen molar-refractivity contribution in [3.63, 3.8) is 0 Å². The summed E-state index contributed by atoms with van der Waals surface area (Å²) < 4.78 is 0.869. The van der Waals surface area contributed by atoms with Gasteiger partial charge in [0.25, 0.3) is 5.91 Å². The third-order valence-corrected chi connectivity index (χ3v) is 6.11. The number of nitrogens with zero attached hydrogens (tertiary/aromatic N) is 1. The summed E-state index contributed by atoms with van der Waals surface area (Å²) in [6.07, 6.45) is 1.95. The van der Waals surface area contributed by atoms with E-state index in [4.69, 9.17) is 0 Å². The summed E-state index contributed by atoms with van der Waals surface area (Å²) in [7, 11) is 0. The van der Waals surface area contributed by atoms with Gasteiger partial charge in [0.15, 0.2) is 0 Å². The van der Waals surface area contributed by atoms with Gasteiger partial charge in [-0.2, -0.15) is 0 Å². The number of carbonyl (C=O) groups excluding carboxylic acids is 2. The Hall–Kier alpha value is -2.92. The molecule has 0 radical (unpaired) electrons. The molecular weight excluding hydrogens is 476 g/mol. The summed E-state index contributed by atoms with van der Waals surface area (Å²) in [5, 5.41) is 3.05. The molecule has 172 valence electrons. The van der Waals surface area contributed by atoms with Crippen LogP contribution in [0.3, 0.4) is 0 Å².